The van der Waals surface area contributed by atoms with Crippen LogP contribution in [0.3, 0.4) is 0 Å². The van der Waals surface area contributed by atoms with E-state index >= 15 is 0 Å². The molecule has 0 bridgehead atoms. The zero-order valence-corrected chi connectivity index (χ0v) is 19.3. The number of benzene rings is 2. The molecule has 9 nitrogen and oxygen atoms in total. The molecule has 0 unspecified atom stereocenters. The van der Waals surface area contributed by atoms with E-state index in [4.69, 9.17) is 0 Å². The number of anilines is 1. The van der Waals surface area contributed by atoms with E-state index in [1.54, 1.807) is 13.0 Å². The van der Waals surface area contributed by atoms with Crippen LogP contribution in [-0.2, 0) is 31.0 Å². The van der Waals surface area contributed by atoms with Gasteiger partial charge >= 0.3 is 11.8 Å². The quantitative estimate of drug-likeness (QED) is 0.527. The van der Waals surface area contributed by atoms with E-state index in [0.717, 1.165) is 24.8 Å². The number of nitrogens with one attached hydrogen (secondary N) is 3. The van der Waals surface area contributed by atoms with Crippen LogP contribution in [0.25, 0.3) is 0 Å². The zero-order chi connectivity index (χ0) is 23.8. The summed E-state index contributed by atoms with van der Waals surface area (Å²) in [6.07, 6.45) is 2.66. The van der Waals surface area contributed by atoms with Gasteiger partial charge in [0.1, 0.15) is 0 Å². The van der Waals surface area contributed by atoms with Crippen molar-refractivity contribution >= 4 is 33.4 Å². The van der Waals surface area contributed by atoms with E-state index in [0.29, 0.717) is 24.3 Å². The van der Waals surface area contributed by atoms with Crippen LogP contribution >= 0.6 is 0 Å². The van der Waals surface area contributed by atoms with Gasteiger partial charge in [0.2, 0.25) is 15.9 Å². The maximum atomic E-state index is 12.9. The van der Waals surface area contributed by atoms with Gasteiger partial charge in [0.05, 0.1) is 11.4 Å². The maximum absolute atomic E-state index is 12.9. The highest BCUT2D eigenvalue weighted by Crippen LogP contribution is 2.25. The van der Waals surface area contributed by atoms with E-state index in [2.05, 4.69) is 16.0 Å². The smallest absolute Gasteiger partial charge is 0.309 e. The minimum absolute atomic E-state index is 0.106. The molecule has 1 aliphatic heterocycles. The summed E-state index contributed by atoms with van der Waals surface area (Å²) in [6.45, 7) is 2.46. The van der Waals surface area contributed by atoms with Gasteiger partial charge in [-0.15, -0.1) is 0 Å². The summed E-state index contributed by atoms with van der Waals surface area (Å²) in [4.78, 5) is 36.3. The second-order valence-electron chi connectivity index (χ2n) is 7.84. The first-order valence-electron chi connectivity index (χ1n) is 10.8. The van der Waals surface area contributed by atoms with Crippen molar-refractivity contribution in [3.8, 4) is 0 Å². The first-order chi connectivity index (χ1) is 15.8. The fourth-order valence-electron chi connectivity index (χ4n) is 3.44. The van der Waals surface area contributed by atoms with Crippen molar-refractivity contribution in [1.29, 1.82) is 0 Å². The number of rotatable bonds is 7. The number of amides is 3. The summed E-state index contributed by atoms with van der Waals surface area (Å²) in [7, 11) is -3.64. The average Bonchev–Trinajstić information content (AvgIpc) is 2.83. The summed E-state index contributed by atoms with van der Waals surface area (Å²) < 4.78 is 27.3. The lowest BCUT2D eigenvalue weighted by molar-refractivity contribution is -0.139. The third kappa shape index (κ3) is 6.62. The summed E-state index contributed by atoms with van der Waals surface area (Å²) in [5.74, 6) is -2.36. The number of carbonyl (C=O) groups is 3. The monoisotopic (exact) mass is 472 g/mol. The number of piperidine rings is 1. The lowest BCUT2D eigenvalue weighted by Crippen LogP contribution is -2.42. The lowest BCUT2D eigenvalue weighted by Gasteiger charge is -2.26. The van der Waals surface area contributed by atoms with Crippen molar-refractivity contribution in [3.05, 3.63) is 59.7 Å². The Morgan fingerprint density at radius 3 is 2.27 bits per heavy atom. The van der Waals surface area contributed by atoms with Crippen molar-refractivity contribution in [3.63, 3.8) is 0 Å². The minimum atomic E-state index is -3.64. The highest BCUT2D eigenvalue weighted by molar-refractivity contribution is 7.89. The van der Waals surface area contributed by atoms with Gasteiger partial charge in [-0.1, -0.05) is 42.8 Å². The maximum Gasteiger partial charge on any atom is 0.309 e. The molecule has 3 N–H and O–H groups in total. The second kappa shape index (κ2) is 11.1. The van der Waals surface area contributed by atoms with Crippen LogP contribution in [0, 0.1) is 6.92 Å². The Kier molecular flexibility index (Phi) is 8.18. The van der Waals surface area contributed by atoms with Crippen LogP contribution in [0.1, 0.15) is 30.4 Å². The molecule has 2 aromatic carbocycles. The van der Waals surface area contributed by atoms with Crippen molar-refractivity contribution in [2.75, 3.05) is 25.0 Å². The van der Waals surface area contributed by atoms with Crippen LogP contribution < -0.4 is 16.0 Å². The number of hydrogen-bond acceptors (Lipinski definition) is 5. The Bertz CT molecular complexity index is 1110. The van der Waals surface area contributed by atoms with E-state index in [9.17, 15) is 22.8 Å². The molecule has 0 radical (unpaired) electrons. The largest absolute Gasteiger partial charge is 0.344 e. The fourth-order valence-corrected chi connectivity index (χ4v) is 4.99. The van der Waals surface area contributed by atoms with Crippen molar-refractivity contribution in [1.82, 2.24) is 14.9 Å². The van der Waals surface area contributed by atoms with Crippen LogP contribution in [0.4, 0.5) is 5.69 Å². The lowest BCUT2D eigenvalue weighted by atomic mass is 10.2. The number of carbonyl (C=O) groups excluding carboxylic acids is 3. The topological polar surface area (TPSA) is 125 Å². The molecule has 1 fully saturated rings. The highest BCUT2D eigenvalue weighted by atomic mass is 32.2. The SMILES string of the molecule is Cc1ccc(S(=O)(=O)N2CCCCC2)cc1NC(=O)CNC(=O)C(=O)NCc1ccccc1. The van der Waals surface area contributed by atoms with Gasteiger partial charge in [0, 0.05) is 25.3 Å². The fraction of sp³-hybridized carbons (Fsp3) is 0.348. The third-order valence-corrected chi connectivity index (χ3v) is 7.24. The normalized spacial score (nSPS) is 14.3. The standard InChI is InChI=1S/C23H28N4O5S/c1-17-10-11-19(33(31,32)27-12-6-3-7-13-27)14-20(17)26-21(28)16-25-23(30)22(29)24-15-18-8-4-2-5-9-18/h2,4-5,8-11,14H,3,6-7,12-13,15-16H2,1H3,(H,24,29)(H,25,30)(H,26,28). The highest BCUT2D eigenvalue weighted by Gasteiger charge is 2.26. The minimum Gasteiger partial charge on any atom is -0.344 e. The van der Waals surface area contributed by atoms with E-state index < -0.39 is 34.3 Å². The molecule has 10 heteroatoms. The van der Waals surface area contributed by atoms with Crippen molar-refractivity contribution in [2.24, 2.45) is 0 Å². The Morgan fingerprint density at radius 2 is 1.58 bits per heavy atom. The van der Waals surface area contributed by atoms with E-state index in [-0.39, 0.29) is 11.4 Å². The Morgan fingerprint density at radius 1 is 0.909 bits per heavy atom. The van der Waals surface area contributed by atoms with Crippen molar-refractivity contribution < 1.29 is 22.8 Å². The Hall–Kier alpha value is -3.24. The van der Waals surface area contributed by atoms with Crippen LogP contribution in [0.15, 0.2) is 53.4 Å². The first-order valence-corrected chi connectivity index (χ1v) is 12.2. The van der Waals surface area contributed by atoms with Gasteiger partial charge in [0.25, 0.3) is 0 Å². The number of sulfonamides is 1. The van der Waals surface area contributed by atoms with Gasteiger partial charge in [-0.2, -0.15) is 4.31 Å². The molecule has 0 aromatic heterocycles. The predicted molar refractivity (Wildman–Crippen MR) is 124 cm³/mol. The molecule has 2 aromatic rings. The molecule has 1 saturated heterocycles. The molecule has 1 aliphatic rings. The third-order valence-electron chi connectivity index (χ3n) is 5.35. The molecule has 176 valence electrons. The molecular formula is C23H28N4O5S. The van der Waals surface area contributed by atoms with Gasteiger partial charge in [-0.3, -0.25) is 14.4 Å². The molecule has 1 heterocycles. The van der Waals surface area contributed by atoms with Crippen LogP contribution in [-0.4, -0.2) is 50.1 Å². The summed E-state index contributed by atoms with van der Waals surface area (Å²) >= 11 is 0. The van der Waals surface area contributed by atoms with Gasteiger partial charge in [-0.25, -0.2) is 8.42 Å². The molecule has 3 amide bonds. The van der Waals surface area contributed by atoms with Gasteiger partial charge in [0.15, 0.2) is 0 Å². The number of aryl methyl sites for hydroxylation is 1. The van der Waals surface area contributed by atoms with Crippen LogP contribution in [0.5, 0.6) is 0 Å². The summed E-state index contributed by atoms with van der Waals surface area (Å²) in [6, 6.07) is 13.7. The van der Waals surface area contributed by atoms with Crippen molar-refractivity contribution in [2.45, 2.75) is 37.6 Å². The molecule has 33 heavy (non-hydrogen) atoms. The molecule has 3 rings (SSSR count). The molecule has 0 saturated carbocycles. The van der Waals surface area contributed by atoms with Gasteiger partial charge in [-0.05, 0) is 43.0 Å². The van der Waals surface area contributed by atoms with E-state index in [1.807, 2.05) is 30.3 Å². The van der Waals surface area contributed by atoms with E-state index in [1.165, 1.54) is 16.4 Å². The second-order valence-corrected chi connectivity index (χ2v) is 9.78. The molecular weight excluding hydrogens is 444 g/mol. The predicted octanol–water partition coefficient (Wildman–Crippen LogP) is 1.54. The zero-order valence-electron chi connectivity index (χ0n) is 18.5. The average molecular weight is 473 g/mol. The molecule has 0 atom stereocenters. The summed E-state index contributed by atoms with van der Waals surface area (Å²) in [5, 5.41) is 7.36. The molecule has 0 spiro atoms. The number of nitrogens with zero attached hydrogens (tertiary/aromatic N) is 1. The summed E-state index contributed by atoms with van der Waals surface area (Å²) in [5.41, 5.74) is 1.85. The van der Waals surface area contributed by atoms with Crippen LogP contribution in [0.2, 0.25) is 0 Å². The van der Waals surface area contributed by atoms with Gasteiger partial charge < -0.3 is 16.0 Å². The Labute approximate surface area is 193 Å². The first kappa shape index (κ1) is 24.4. The number of hydrogen-bond donors (Lipinski definition) is 3. The Balaban J connectivity index is 1.54. The molecule has 0 aliphatic carbocycles.